The van der Waals surface area contributed by atoms with Gasteiger partial charge in [-0.3, -0.25) is 13.8 Å². The highest BCUT2D eigenvalue weighted by Gasteiger charge is 2.27. The predicted octanol–water partition coefficient (Wildman–Crippen LogP) is 11.3. The van der Waals surface area contributed by atoms with E-state index in [9.17, 15) is 19.4 Å². The van der Waals surface area contributed by atoms with E-state index in [1.807, 2.05) is 27.2 Å². The molecular formula is C43H82N2O6P+. The Morgan fingerprint density at radius 2 is 1.15 bits per heavy atom. The van der Waals surface area contributed by atoms with Gasteiger partial charge in [-0.25, -0.2) is 4.57 Å². The number of allylic oxidation sites excluding steroid dienone is 7. The molecule has 0 aromatic rings. The maximum Gasteiger partial charge on any atom is 0.472 e. The van der Waals surface area contributed by atoms with Crippen molar-refractivity contribution in [3.05, 3.63) is 48.6 Å². The molecule has 0 aromatic heterocycles. The molecule has 3 N–H and O–H groups in total. The minimum atomic E-state index is -4.34. The number of hydrogen-bond acceptors (Lipinski definition) is 5. The van der Waals surface area contributed by atoms with Crippen LogP contribution in [0.15, 0.2) is 48.6 Å². The van der Waals surface area contributed by atoms with E-state index in [4.69, 9.17) is 9.05 Å². The Bertz CT molecular complexity index is 991. The number of nitrogens with one attached hydrogen (secondary N) is 1. The van der Waals surface area contributed by atoms with Crippen molar-refractivity contribution < 1.29 is 32.9 Å². The Balaban J connectivity index is 4.48. The first-order valence-electron chi connectivity index (χ1n) is 21.0. The number of phosphoric ester groups is 1. The Morgan fingerprint density at radius 1 is 0.673 bits per heavy atom. The van der Waals surface area contributed by atoms with Gasteiger partial charge in [-0.2, -0.15) is 0 Å². The van der Waals surface area contributed by atoms with E-state index in [2.05, 4.69) is 55.6 Å². The van der Waals surface area contributed by atoms with Crippen LogP contribution in [-0.4, -0.2) is 73.4 Å². The molecule has 0 aliphatic rings. The highest BCUT2D eigenvalue weighted by atomic mass is 31.2. The molecule has 0 aliphatic carbocycles. The van der Waals surface area contributed by atoms with Crippen molar-refractivity contribution in [2.45, 2.75) is 180 Å². The van der Waals surface area contributed by atoms with Crippen molar-refractivity contribution in [1.29, 1.82) is 0 Å². The summed E-state index contributed by atoms with van der Waals surface area (Å²) in [7, 11) is 1.56. The number of aliphatic hydroxyl groups excluding tert-OH is 1. The van der Waals surface area contributed by atoms with Gasteiger partial charge in [-0.1, -0.05) is 159 Å². The van der Waals surface area contributed by atoms with E-state index in [0.29, 0.717) is 17.4 Å². The number of likely N-dealkylation sites (N-methyl/N-ethyl adjacent to an activating group) is 1. The highest BCUT2D eigenvalue weighted by molar-refractivity contribution is 7.47. The van der Waals surface area contributed by atoms with E-state index in [-0.39, 0.29) is 19.1 Å². The molecular weight excluding hydrogens is 671 g/mol. The summed E-state index contributed by atoms with van der Waals surface area (Å²) in [6.07, 6.45) is 43.1. The van der Waals surface area contributed by atoms with Crippen molar-refractivity contribution in [1.82, 2.24) is 5.32 Å². The van der Waals surface area contributed by atoms with Crippen molar-refractivity contribution in [3.8, 4) is 0 Å². The molecule has 1 amide bonds. The van der Waals surface area contributed by atoms with Crippen LogP contribution in [0.5, 0.6) is 0 Å². The number of carbonyl (C=O) groups excluding carboxylic acids is 1. The summed E-state index contributed by atoms with van der Waals surface area (Å²) in [5.74, 6) is -0.191. The average molecular weight is 754 g/mol. The summed E-state index contributed by atoms with van der Waals surface area (Å²) in [5.41, 5.74) is 0. The Labute approximate surface area is 320 Å². The quantitative estimate of drug-likeness (QED) is 0.0252. The van der Waals surface area contributed by atoms with Crippen molar-refractivity contribution in [3.63, 3.8) is 0 Å². The molecule has 0 radical (unpaired) electrons. The third-order valence-corrected chi connectivity index (χ3v) is 10.0. The van der Waals surface area contributed by atoms with Gasteiger partial charge in [0, 0.05) is 6.42 Å². The fraction of sp³-hybridized carbons (Fsp3) is 0.791. The Morgan fingerprint density at radius 3 is 1.69 bits per heavy atom. The van der Waals surface area contributed by atoms with Gasteiger partial charge < -0.3 is 19.8 Å². The van der Waals surface area contributed by atoms with Gasteiger partial charge in [0.05, 0.1) is 39.9 Å². The van der Waals surface area contributed by atoms with Crippen LogP contribution >= 0.6 is 7.82 Å². The Hall–Kier alpha value is -1.54. The monoisotopic (exact) mass is 754 g/mol. The fourth-order valence-corrected chi connectivity index (χ4v) is 6.44. The second-order valence-corrected chi connectivity index (χ2v) is 16.8. The highest BCUT2D eigenvalue weighted by Crippen LogP contribution is 2.43. The summed E-state index contributed by atoms with van der Waals surface area (Å²) < 4.78 is 23.5. The Kier molecular flexibility index (Phi) is 34.1. The maximum absolute atomic E-state index is 12.8. The number of phosphoric acid groups is 1. The summed E-state index contributed by atoms with van der Waals surface area (Å²) in [5, 5.41) is 13.8. The average Bonchev–Trinajstić information content (AvgIpc) is 3.09. The number of hydrogen-bond donors (Lipinski definition) is 3. The molecule has 0 rings (SSSR count). The third-order valence-electron chi connectivity index (χ3n) is 9.05. The van der Waals surface area contributed by atoms with Crippen LogP contribution in [0.25, 0.3) is 0 Å². The van der Waals surface area contributed by atoms with Crippen LogP contribution in [0.2, 0.25) is 0 Å². The molecule has 0 aromatic carbocycles. The summed E-state index contributed by atoms with van der Waals surface area (Å²) >= 11 is 0. The topological polar surface area (TPSA) is 105 Å². The normalized spacial score (nSPS) is 15.0. The van der Waals surface area contributed by atoms with E-state index in [1.165, 1.54) is 83.5 Å². The number of carbonyl (C=O) groups is 1. The molecule has 3 unspecified atom stereocenters. The smallest absolute Gasteiger partial charge is 0.387 e. The van der Waals surface area contributed by atoms with E-state index in [0.717, 1.165) is 64.2 Å². The molecule has 9 heteroatoms. The van der Waals surface area contributed by atoms with Crippen LogP contribution in [0.1, 0.15) is 168 Å². The first kappa shape index (κ1) is 50.5. The van der Waals surface area contributed by atoms with E-state index < -0.39 is 20.0 Å². The summed E-state index contributed by atoms with van der Waals surface area (Å²) in [4.78, 5) is 23.1. The zero-order valence-electron chi connectivity index (χ0n) is 34.3. The number of aliphatic hydroxyl groups is 1. The van der Waals surface area contributed by atoms with Crippen molar-refractivity contribution in [2.75, 3.05) is 40.9 Å². The number of amides is 1. The summed E-state index contributed by atoms with van der Waals surface area (Å²) in [6, 6.07) is -0.850. The first-order valence-corrected chi connectivity index (χ1v) is 22.5. The van der Waals surface area contributed by atoms with Crippen molar-refractivity contribution >= 4 is 13.7 Å². The molecule has 0 spiro atoms. The van der Waals surface area contributed by atoms with Gasteiger partial charge in [0.2, 0.25) is 5.91 Å². The molecule has 52 heavy (non-hydrogen) atoms. The molecule has 0 bridgehead atoms. The van der Waals surface area contributed by atoms with Crippen LogP contribution in [0.3, 0.4) is 0 Å². The lowest BCUT2D eigenvalue weighted by atomic mass is 10.0. The maximum atomic E-state index is 12.8. The van der Waals surface area contributed by atoms with E-state index >= 15 is 0 Å². The van der Waals surface area contributed by atoms with Crippen LogP contribution in [-0.2, 0) is 18.4 Å². The van der Waals surface area contributed by atoms with E-state index in [1.54, 1.807) is 6.08 Å². The lowest BCUT2D eigenvalue weighted by Gasteiger charge is -2.25. The van der Waals surface area contributed by atoms with Crippen molar-refractivity contribution in [2.24, 2.45) is 0 Å². The second-order valence-electron chi connectivity index (χ2n) is 15.3. The number of nitrogens with zero attached hydrogens (tertiary/aromatic N) is 1. The molecule has 0 saturated heterocycles. The molecule has 304 valence electrons. The summed E-state index contributed by atoms with van der Waals surface area (Å²) in [6.45, 7) is 4.67. The minimum Gasteiger partial charge on any atom is -0.387 e. The van der Waals surface area contributed by atoms with Crippen LogP contribution in [0, 0.1) is 0 Å². The molecule has 0 aliphatic heterocycles. The molecule has 0 saturated carbocycles. The van der Waals surface area contributed by atoms with Gasteiger partial charge in [-0.05, 0) is 51.4 Å². The lowest BCUT2D eigenvalue weighted by molar-refractivity contribution is -0.870. The first-order chi connectivity index (χ1) is 25.0. The van der Waals surface area contributed by atoms with Crippen LogP contribution < -0.4 is 5.32 Å². The number of unbranched alkanes of at least 4 members (excludes halogenated alkanes) is 18. The molecule has 0 fully saturated rings. The fourth-order valence-electron chi connectivity index (χ4n) is 5.70. The van der Waals surface area contributed by atoms with Crippen LogP contribution in [0.4, 0.5) is 0 Å². The lowest BCUT2D eigenvalue weighted by Crippen LogP contribution is -2.45. The molecule has 8 nitrogen and oxygen atoms in total. The standard InChI is InChI=1S/C43H81N2O6P/c1-6-8-10-12-14-16-18-20-21-22-23-25-27-29-31-33-35-37-43(47)44-41(40-51-52(48,49)50-39-38-45(3,4)5)42(46)36-34-32-30-28-26-24-19-17-15-13-11-9-7-2/h8,10,14,16,20-21,34,36,41-42,46H,6-7,9,11-13,15,17-19,22-33,35,37-40H2,1-5H3,(H-,44,47,48,49)/p+1/b10-8-,16-14-,21-20-,36-34+. The van der Waals surface area contributed by atoms with Gasteiger partial charge in [0.1, 0.15) is 13.2 Å². The second kappa shape index (κ2) is 35.2. The zero-order valence-corrected chi connectivity index (χ0v) is 35.2. The van der Waals surface area contributed by atoms with Gasteiger partial charge in [0.25, 0.3) is 0 Å². The molecule has 3 atom stereocenters. The predicted molar refractivity (Wildman–Crippen MR) is 221 cm³/mol. The molecule has 0 heterocycles. The largest absolute Gasteiger partial charge is 0.472 e. The zero-order chi connectivity index (χ0) is 38.6. The van der Waals surface area contributed by atoms with Gasteiger partial charge in [0.15, 0.2) is 0 Å². The SMILES string of the molecule is CC/C=C\C/C=C\C/C=C\CCCCCCCCCC(=O)NC(COP(=O)(O)OCC[N+](C)(C)C)C(O)/C=C/CCCCCCCCCCCCC. The van der Waals surface area contributed by atoms with Gasteiger partial charge >= 0.3 is 7.82 Å². The number of quaternary nitrogens is 1. The number of rotatable bonds is 37. The van der Waals surface area contributed by atoms with Gasteiger partial charge in [-0.15, -0.1) is 0 Å². The third kappa shape index (κ3) is 36.8. The minimum absolute atomic E-state index is 0.0577.